The number of carbonyl (C=O) groups excluding carboxylic acids is 1. The number of likely N-dealkylation sites (N-methyl/N-ethyl adjacent to an activating group) is 1. The molecule has 0 radical (unpaired) electrons. The highest BCUT2D eigenvalue weighted by Gasteiger charge is 2.49. The van der Waals surface area contributed by atoms with Crippen LogP contribution in [0.5, 0.6) is 0 Å². The molecule has 2 heterocycles. The SMILES string of the molecule is C[C@H]1C[C@@H]1C(=O)N1CCCCC[C@@H]2[C@@H]1[C@H](c1cccc(F)c1)CN2C. The summed E-state index contributed by atoms with van der Waals surface area (Å²) in [5, 5.41) is 0. The van der Waals surface area contributed by atoms with Crippen molar-refractivity contribution in [3.05, 3.63) is 35.6 Å². The molecule has 0 spiro atoms. The highest BCUT2D eigenvalue weighted by molar-refractivity contribution is 5.82. The summed E-state index contributed by atoms with van der Waals surface area (Å²) in [4.78, 5) is 17.8. The van der Waals surface area contributed by atoms with E-state index in [1.54, 1.807) is 12.1 Å². The predicted octanol–water partition coefficient (Wildman–Crippen LogP) is 3.65. The average Bonchev–Trinajstić information content (AvgIpc) is 3.21. The van der Waals surface area contributed by atoms with Crippen LogP contribution in [-0.2, 0) is 4.79 Å². The molecule has 4 rings (SSSR count). The van der Waals surface area contributed by atoms with Crippen molar-refractivity contribution in [2.75, 3.05) is 20.1 Å². The van der Waals surface area contributed by atoms with Gasteiger partial charge in [-0.2, -0.15) is 0 Å². The lowest BCUT2D eigenvalue weighted by Crippen LogP contribution is -2.51. The normalized spacial score (nSPS) is 35.8. The zero-order valence-electron chi connectivity index (χ0n) is 15.3. The Balaban J connectivity index is 1.68. The smallest absolute Gasteiger partial charge is 0.226 e. The van der Waals surface area contributed by atoms with Crippen LogP contribution in [0.3, 0.4) is 0 Å². The number of fused-ring (bicyclic) bond motifs is 1. The van der Waals surface area contributed by atoms with E-state index >= 15 is 0 Å². The molecule has 3 nitrogen and oxygen atoms in total. The van der Waals surface area contributed by atoms with Gasteiger partial charge in [-0.25, -0.2) is 4.39 Å². The Labute approximate surface area is 150 Å². The standard InChI is InChI=1S/C21H29FN2O/c1-14-11-17(14)21(25)24-10-5-3-4-9-19-20(24)18(13-23(19)2)15-7-6-8-16(22)12-15/h6-8,12,14,17-20H,3-5,9-11,13H2,1-2H3/t14-,17-,18-,19+,20-/m0/s1. The monoisotopic (exact) mass is 344 g/mol. The van der Waals surface area contributed by atoms with Crippen LogP contribution in [0.15, 0.2) is 24.3 Å². The van der Waals surface area contributed by atoms with E-state index in [4.69, 9.17) is 0 Å². The van der Waals surface area contributed by atoms with E-state index in [9.17, 15) is 9.18 Å². The van der Waals surface area contributed by atoms with E-state index in [0.29, 0.717) is 17.9 Å². The van der Waals surface area contributed by atoms with Gasteiger partial charge in [0.05, 0.1) is 6.04 Å². The van der Waals surface area contributed by atoms with Crippen LogP contribution in [0.4, 0.5) is 4.39 Å². The van der Waals surface area contributed by atoms with Gasteiger partial charge in [0.1, 0.15) is 5.82 Å². The maximum absolute atomic E-state index is 13.8. The van der Waals surface area contributed by atoms with Gasteiger partial charge >= 0.3 is 0 Å². The van der Waals surface area contributed by atoms with Crippen molar-refractivity contribution in [3.63, 3.8) is 0 Å². The van der Waals surface area contributed by atoms with Gasteiger partial charge in [0, 0.05) is 31.0 Å². The lowest BCUT2D eigenvalue weighted by molar-refractivity contribution is -0.136. The number of halogens is 1. The molecule has 2 saturated heterocycles. The molecule has 1 aromatic rings. The Kier molecular flexibility index (Phi) is 4.57. The molecule has 2 aliphatic heterocycles. The molecule has 25 heavy (non-hydrogen) atoms. The van der Waals surface area contributed by atoms with Crippen molar-refractivity contribution in [1.29, 1.82) is 0 Å². The third-order valence-electron chi connectivity index (χ3n) is 6.60. The molecule has 0 unspecified atom stereocenters. The van der Waals surface area contributed by atoms with Gasteiger partial charge in [0.2, 0.25) is 5.91 Å². The molecule has 0 N–H and O–H groups in total. The van der Waals surface area contributed by atoms with E-state index in [2.05, 4.69) is 23.8 Å². The molecule has 0 aromatic heterocycles. The van der Waals surface area contributed by atoms with Gasteiger partial charge in [0.25, 0.3) is 0 Å². The van der Waals surface area contributed by atoms with Crippen LogP contribution in [0.25, 0.3) is 0 Å². The molecule has 1 aliphatic carbocycles. The summed E-state index contributed by atoms with van der Waals surface area (Å²) < 4.78 is 13.8. The minimum absolute atomic E-state index is 0.178. The molecule has 5 atom stereocenters. The summed E-state index contributed by atoms with van der Waals surface area (Å²) in [6, 6.07) is 7.59. The number of nitrogens with zero attached hydrogens (tertiary/aromatic N) is 2. The van der Waals surface area contributed by atoms with Crippen LogP contribution >= 0.6 is 0 Å². The first-order valence-corrected chi connectivity index (χ1v) is 9.82. The number of hydrogen-bond acceptors (Lipinski definition) is 2. The molecule has 1 aromatic carbocycles. The lowest BCUT2D eigenvalue weighted by Gasteiger charge is -2.39. The molecule has 0 bridgehead atoms. The predicted molar refractivity (Wildman–Crippen MR) is 96.8 cm³/mol. The molecule has 1 saturated carbocycles. The van der Waals surface area contributed by atoms with Crippen LogP contribution in [0.2, 0.25) is 0 Å². The first-order chi connectivity index (χ1) is 12.1. The number of likely N-dealkylation sites (tertiary alicyclic amines) is 2. The summed E-state index contributed by atoms with van der Waals surface area (Å²) >= 11 is 0. The van der Waals surface area contributed by atoms with Crippen LogP contribution < -0.4 is 0 Å². The number of carbonyl (C=O) groups is 1. The lowest BCUT2D eigenvalue weighted by atomic mass is 9.86. The van der Waals surface area contributed by atoms with Crippen molar-refractivity contribution in [1.82, 2.24) is 9.80 Å². The van der Waals surface area contributed by atoms with Gasteiger partial charge in [-0.1, -0.05) is 31.9 Å². The highest BCUT2D eigenvalue weighted by Crippen LogP contribution is 2.44. The summed E-state index contributed by atoms with van der Waals surface area (Å²) in [5.74, 6) is 1.13. The van der Waals surface area contributed by atoms with E-state index in [0.717, 1.165) is 37.9 Å². The number of benzene rings is 1. The quantitative estimate of drug-likeness (QED) is 0.818. The third-order valence-corrected chi connectivity index (χ3v) is 6.60. The Morgan fingerprint density at radius 2 is 2.04 bits per heavy atom. The Morgan fingerprint density at radius 1 is 1.24 bits per heavy atom. The molecule has 136 valence electrons. The van der Waals surface area contributed by atoms with Crippen molar-refractivity contribution in [3.8, 4) is 0 Å². The van der Waals surface area contributed by atoms with E-state index in [1.165, 1.54) is 18.9 Å². The summed E-state index contributed by atoms with van der Waals surface area (Å²) in [6.45, 7) is 3.95. The van der Waals surface area contributed by atoms with Gasteiger partial charge in [-0.15, -0.1) is 0 Å². The van der Waals surface area contributed by atoms with Gasteiger partial charge < -0.3 is 9.80 Å². The summed E-state index contributed by atoms with van der Waals surface area (Å²) in [5.41, 5.74) is 1.04. The highest BCUT2D eigenvalue weighted by atomic mass is 19.1. The topological polar surface area (TPSA) is 23.6 Å². The Morgan fingerprint density at radius 3 is 2.76 bits per heavy atom. The largest absolute Gasteiger partial charge is 0.337 e. The zero-order chi connectivity index (χ0) is 17.6. The van der Waals surface area contributed by atoms with Crippen molar-refractivity contribution < 1.29 is 9.18 Å². The van der Waals surface area contributed by atoms with E-state index in [-0.39, 0.29) is 23.7 Å². The van der Waals surface area contributed by atoms with Crippen LogP contribution in [-0.4, -0.2) is 47.9 Å². The number of rotatable bonds is 2. The number of amides is 1. The molecular formula is C21H29FN2O. The van der Waals surface area contributed by atoms with Crippen LogP contribution in [0, 0.1) is 17.7 Å². The van der Waals surface area contributed by atoms with Crippen molar-refractivity contribution >= 4 is 5.91 Å². The van der Waals surface area contributed by atoms with Crippen LogP contribution in [0.1, 0.15) is 50.5 Å². The Bertz CT molecular complexity index is 649. The third kappa shape index (κ3) is 3.21. The first kappa shape index (κ1) is 17.0. The fourth-order valence-corrected chi connectivity index (χ4v) is 5.04. The minimum atomic E-state index is -0.178. The second-order valence-corrected chi connectivity index (χ2v) is 8.36. The zero-order valence-corrected chi connectivity index (χ0v) is 15.3. The molecule has 3 fully saturated rings. The maximum Gasteiger partial charge on any atom is 0.226 e. The van der Waals surface area contributed by atoms with Gasteiger partial charge in [-0.05, 0) is 49.9 Å². The number of hydrogen-bond donors (Lipinski definition) is 0. The fourth-order valence-electron chi connectivity index (χ4n) is 5.04. The summed E-state index contributed by atoms with van der Waals surface area (Å²) in [6.07, 6.45) is 5.69. The van der Waals surface area contributed by atoms with E-state index < -0.39 is 0 Å². The second-order valence-electron chi connectivity index (χ2n) is 8.36. The summed E-state index contributed by atoms with van der Waals surface area (Å²) in [7, 11) is 2.17. The molecular weight excluding hydrogens is 315 g/mol. The van der Waals surface area contributed by atoms with Gasteiger partial charge in [-0.3, -0.25) is 4.79 Å². The van der Waals surface area contributed by atoms with E-state index in [1.807, 2.05) is 6.07 Å². The second kappa shape index (κ2) is 6.71. The maximum atomic E-state index is 13.8. The van der Waals surface area contributed by atoms with Crippen molar-refractivity contribution in [2.24, 2.45) is 11.8 Å². The molecule has 4 heteroatoms. The fraction of sp³-hybridized carbons (Fsp3) is 0.667. The Hall–Kier alpha value is -1.42. The van der Waals surface area contributed by atoms with Gasteiger partial charge in [0.15, 0.2) is 0 Å². The average molecular weight is 344 g/mol. The van der Waals surface area contributed by atoms with Crippen molar-refractivity contribution in [2.45, 2.75) is 57.0 Å². The molecule has 3 aliphatic rings. The first-order valence-electron chi connectivity index (χ1n) is 9.82. The minimum Gasteiger partial charge on any atom is -0.337 e. The molecule has 1 amide bonds.